The van der Waals surface area contributed by atoms with E-state index in [9.17, 15) is 4.39 Å². The monoisotopic (exact) mass is 277 g/mol. The van der Waals surface area contributed by atoms with Gasteiger partial charge in [-0.05, 0) is 43.9 Å². The fraction of sp³-hybridized carbons (Fsp3) is 0.562. The van der Waals surface area contributed by atoms with Crippen LogP contribution in [-0.2, 0) is 6.54 Å². The highest BCUT2D eigenvalue weighted by Crippen LogP contribution is 2.17. The summed E-state index contributed by atoms with van der Waals surface area (Å²) >= 11 is 0. The molecular weight excluding hydrogens is 253 g/mol. The van der Waals surface area contributed by atoms with Crippen molar-refractivity contribution in [1.29, 1.82) is 0 Å². The van der Waals surface area contributed by atoms with Gasteiger partial charge in [-0.3, -0.25) is 0 Å². The van der Waals surface area contributed by atoms with Gasteiger partial charge in [-0.1, -0.05) is 25.0 Å². The van der Waals surface area contributed by atoms with Crippen molar-refractivity contribution in [2.24, 2.45) is 4.99 Å². The summed E-state index contributed by atoms with van der Waals surface area (Å²) < 4.78 is 13.5. The second-order valence-corrected chi connectivity index (χ2v) is 5.40. The highest BCUT2D eigenvalue weighted by atomic mass is 19.1. The maximum absolute atomic E-state index is 13.5. The van der Waals surface area contributed by atoms with E-state index in [-0.39, 0.29) is 5.82 Å². The number of benzene rings is 1. The molecule has 0 amide bonds. The van der Waals surface area contributed by atoms with E-state index >= 15 is 0 Å². The minimum Gasteiger partial charge on any atom is -0.357 e. The summed E-state index contributed by atoms with van der Waals surface area (Å²) in [5, 5.41) is 6.71. The van der Waals surface area contributed by atoms with Gasteiger partial charge in [-0.15, -0.1) is 0 Å². The number of hydrogen-bond acceptors (Lipinski definition) is 1. The molecule has 0 aliphatic heterocycles. The van der Waals surface area contributed by atoms with Crippen LogP contribution in [0.5, 0.6) is 0 Å². The van der Waals surface area contributed by atoms with Crippen LogP contribution < -0.4 is 10.6 Å². The molecule has 2 rings (SSSR count). The number of halogens is 1. The predicted molar refractivity (Wildman–Crippen MR) is 81.3 cm³/mol. The number of rotatable bonds is 4. The van der Waals surface area contributed by atoms with Crippen LogP contribution in [0, 0.1) is 12.7 Å². The molecule has 110 valence electrons. The fourth-order valence-electron chi connectivity index (χ4n) is 2.49. The van der Waals surface area contributed by atoms with E-state index in [1.54, 1.807) is 19.1 Å². The smallest absolute Gasteiger partial charge is 0.191 e. The zero-order chi connectivity index (χ0) is 14.4. The molecule has 1 fully saturated rings. The van der Waals surface area contributed by atoms with Gasteiger partial charge in [0.05, 0.1) is 6.54 Å². The summed E-state index contributed by atoms with van der Waals surface area (Å²) in [5.74, 6) is 0.673. The van der Waals surface area contributed by atoms with E-state index in [2.05, 4.69) is 22.5 Å². The predicted octanol–water partition coefficient (Wildman–Crippen LogP) is 3.13. The molecule has 0 unspecified atom stereocenters. The van der Waals surface area contributed by atoms with Gasteiger partial charge < -0.3 is 10.6 Å². The highest BCUT2D eigenvalue weighted by molar-refractivity contribution is 5.80. The Morgan fingerprint density at radius 2 is 2.10 bits per heavy atom. The summed E-state index contributed by atoms with van der Waals surface area (Å²) in [4.78, 5) is 4.55. The van der Waals surface area contributed by atoms with Crippen molar-refractivity contribution in [2.75, 3.05) is 6.54 Å². The number of nitrogens with one attached hydrogen (secondary N) is 2. The van der Waals surface area contributed by atoms with Crippen LogP contribution >= 0.6 is 0 Å². The third-order valence-electron chi connectivity index (χ3n) is 3.70. The maximum atomic E-state index is 13.5. The summed E-state index contributed by atoms with van der Waals surface area (Å²) in [6, 6.07) is 5.83. The van der Waals surface area contributed by atoms with Crippen LogP contribution in [0.4, 0.5) is 4.39 Å². The van der Waals surface area contributed by atoms with E-state index in [1.807, 2.05) is 6.07 Å². The van der Waals surface area contributed by atoms with E-state index in [0.717, 1.165) is 18.1 Å². The van der Waals surface area contributed by atoms with Gasteiger partial charge in [0.2, 0.25) is 0 Å². The van der Waals surface area contributed by atoms with Gasteiger partial charge in [-0.25, -0.2) is 9.38 Å². The molecule has 0 radical (unpaired) electrons. The van der Waals surface area contributed by atoms with Crippen molar-refractivity contribution in [3.63, 3.8) is 0 Å². The number of aliphatic imine (C=N–C) groups is 1. The summed E-state index contributed by atoms with van der Waals surface area (Å²) in [7, 11) is 0. The van der Waals surface area contributed by atoms with Crippen LogP contribution in [-0.4, -0.2) is 18.5 Å². The first kappa shape index (κ1) is 14.8. The van der Waals surface area contributed by atoms with Crippen molar-refractivity contribution in [1.82, 2.24) is 10.6 Å². The first-order chi connectivity index (χ1) is 9.69. The molecular formula is C16H24FN3. The molecule has 0 aromatic heterocycles. The summed E-state index contributed by atoms with van der Waals surface area (Å²) in [6.45, 7) is 5.16. The van der Waals surface area contributed by atoms with Crippen LogP contribution in [0.25, 0.3) is 0 Å². The molecule has 20 heavy (non-hydrogen) atoms. The molecule has 0 atom stereocenters. The second-order valence-electron chi connectivity index (χ2n) is 5.40. The molecule has 1 aromatic rings. The third-order valence-corrected chi connectivity index (χ3v) is 3.70. The average molecular weight is 277 g/mol. The Bertz CT molecular complexity index is 465. The lowest BCUT2D eigenvalue weighted by atomic mass is 10.1. The van der Waals surface area contributed by atoms with Gasteiger partial charge in [0.1, 0.15) is 5.82 Å². The first-order valence-corrected chi connectivity index (χ1v) is 7.49. The van der Waals surface area contributed by atoms with Crippen LogP contribution in [0.15, 0.2) is 23.2 Å². The van der Waals surface area contributed by atoms with Crippen LogP contribution in [0.1, 0.15) is 43.7 Å². The van der Waals surface area contributed by atoms with Crippen molar-refractivity contribution >= 4 is 5.96 Å². The highest BCUT2D eigenvalue weighted by Gasteiger charge is 2.15. The van der Waals surface area contributed by atoms with Crippen molar-refractivity contribution in [3.05, 3.63) is 35.1 Å². The summed E-state index contributed by atoms with van der Waals surface area (Å²) in [6.07, 6.45) is 5.01. The summed E-state index contributed by atoms with van der Waals surface area (Å²) in [5.41, 5.74) is 1.57. The Morgan fingerprint density at radius 1 is 1.35 bits per heavy atom. The SMILES string of the molecule is CCNC(=NCc1ccc(C)c(F)c1)NC1CCCC1. The molecule has 0 heterocycles. The minimum atomic E-state index is -0.161. The second kappa shape index (κ2) is 7.27. The van der Waals surface area contributed by atoms with E-state index < -0.39 is 0 Å². The van der Waals surface area contributed by atoms with Crippen molar-refractivity contribution < 1.29 is 4.39 Å². The van der Waals surface area contributed by atoms with E-state index in [4.69, 9.17) is 0 Å². The van der Waals surface area contributed by atoms with Gasteiger partial charge in [0, 0.05) is 12.6 Å². The zero-order valence-electron chi connectivity index (χ0n) is 12.4. The Morgan fingerprint density at radius 3 is 2.75 bits per heavy atom. The Balaban J connectivity index is 1.98. The molecule has 1 saturated carbocycles. The quantitative estimate of drug-likeness (QED) is 0.655. The molecule has 2 N–H and O–H groups in total. The molecule has 1 aliphatic rings. The topological polar surface area (TPSA) is 36.4 Å². The molecule has 0 spiro atoms. The standard InChI is InChI=1S/C16H24FN3/c1-3-18-16(20-14-6-4-5-7-14)19-11-13-9-8-12(2)15(17)10-13/h8-10,14H,3-7,11H2,1-2H3,(H2,18,19,20). The molecule has 0 saturated heterocycles. The van der Waals surface area contributed by atoms with Crippen LogP contribution in [0.2, 0.25) is 0 Å². The molecule has 4 heteroatoms. The van der Waals surface area contributed by atoms with Gasteiger partial charge in [0.15, 0.2) is 5.96 Å². The molecule has 1 aromatic carbocycles. The van der Waals surface area contributed by atoms with Gasteiger partial charge in [-0.2, -0.15) is 0 Å². The van der Waals surface area contributed by atoms with Crippen LogP contribution in [0.3, 0.4) is 0 Å². The largest absolute Gasteiger partial charge is 0.357 e. The van der Waals surface area contributed by atoms with Crippen molar-refractivity contribution in [2.45, 2.75) is 52.1 Å². The van der Waals surface area contributed by atoms with E-state index in [0.29, 0.717) is 18.2 Å². The van der Waals surface area contributed by atoms with Crippen molar-refractivity contribution in [3.8, 4) is 0 Å². The lowest BCUT2D eigenvalue weighted by molar-refractivity contribution is 0.611. The third kappa shape index (κ3) is 4.22. The molecule has 3 nitrogen and oxygen atoms in total. The van der Waals surface area contributed by atoms with E-state index in [1.165, 1.54) is 25.7 Å². The number of hydrogen-bond donors (Lipinski definition) is 2. The maximum Gasteiger partial charge on any atom is 0.191 e. The Kier molecular flexibility index (Phi) is 5.39. The van der Waals surface area contributed by atoms with Gasteiger partial charge in [0.25, 0.3) is 0 Å². The number of nitrogens with zero attached hydrogens (tertiary/aromatic N) is 1. The number of guanidine groups is 1. The Hall–Kier alpha value is -1.58. The minimum absolute atomic E-state index is 0.161. The molecule has 0 bridgehead atoms. The first-order valence-electron chi connectivity index (χ1n) is 7.49. The Labute approximate surface area is 120 Å². The lowest BCUT2D eigenvalue weighted by Gasteiger charge is -2.16. The average Bonchev–Trinajstić information content (AvgIpc) is 2.93. The lowest BCUT2D eigenvalue weighted by Crippen LogP contribution is -2.42. The van der Waals surface area contributed by atoms with Gasteiger partial charge >= 0.3 is 0 Å². The zero-order valence-corrected chi connectivity index (χ0v) is 12.4. The normalized spacial score (nSPS) is 16.4. The number of aryl methyl sites for hydroxylation is 1. The fourth-order valence-corrected chi connectivity index (χ4v) is 2.49. The molecule has 1 aliphatic carbocycles.